The van der Waals surface area contributed by atoms with Gasteiger partial charge in [-0.3, -0.25) is 4.79 Å². The van der Waals surface area contributed by atoms with Crippen LogP contribution in [0.3, 0.4) is 0 Å². The molecule has 1 aromatic heterocycles. The number of aryl methyl sites for hydroxylation is 1. The van der Waals surface area contributed by atoms with Crippen LogP contribution in [0.4, 0.5) is 5.69 Å². The molecule has 0 aliphatic heterocycles. The standard InChI is InChI=1S/C15H25N3O/c1-3-7-18-10-12(16)9-14(18)15(19)17-13(4-2)8-11-5-6-11/h9-11,13H,3-8,16H2,1-2H3,(H,17,19). The summed E-state index contributed by atoms with van der Waals surface area (Å²) in [6.45, 7) is 5.06. The molecular weight excluding hydrogens is 238 g/mol. The second-order valence-corrected chi connectivity index (χ2v) is 5.61. The van der Waals surface area contributed by atoms with E-state index in [1.54, 1.807) is 6.07 Å². The van der Waals surface area contributed by atoms with E-state index < -0.39 is 0 Å². The van der Waals surface area contributed by atoms with Gasteiger partial charge in [0.2, 0.25) is 0 Å². The molecule has 19 heavy (non-hydrogen) atoms. The van der Waals surface area contributed by atoms with Gasteiger partial charge in [0.15, 0.2) is 0 Å². The Bertz CT molecular complexity index is 435. The number of nitrogens with zero attached hydrogens (tertiary/aromatic N) is 1. The fraction of sp³-hybridized carbons (Fsp3) is 0.667. The molecule has 106 valence electrons. The van der Waals surface area contributed by atoms with Gasteiger partial charge in [-0.25, -0.2) is 0 Å². The zero-order valence-electron chi connectivity index (χ0n) is 12.0. The SMILES string of the molecule is CCCn1cc(N)cc1C(=O)NC(CC)CC1CC1. The maximum Gasteiger partial charge on any atom is 0.268 e. The third-order valence-corrected chi connectivity index (χ3v) is 3.76. The highest BCUT2D eigenvalue weighted by Crippen LogP contribution is 2.34. The van der Waals surface area contributed by atoms with Gasteiger partial charge in [-0.15, -0.1) is 0 Å². The normalized spacial score (nSPS) is 16.3. The van der Waals surface area contributed by atoms with E-state index in [1.165, 1.54) is 12.8 Å². The Morgan fingerprint density at radius 3 is 2.84 bits per heavy atom. The third kappa shape index (κ3) is 3.75. The van der Waals surface area contributed by atoms with Crippen LogP contribution in [0.5, 0.6) is 0 Å². The number of nitrogens with two attached hydrogens (primary N) is 1. The highest BCUT2D eigenvalue weighted by molar-refractivity contribution is 5.94. The third-order valence-electron chi connectivity index (χ3n) is 3.76. The molecule has 1 saturated carbocycles. The van der Waals surface area contributed by atoms with Crippen molar-refractivity contribution in [2.24, 2.45) is 5.92 Å². The molecule has 0 spiro atoms. The highest BCUT2D eigenvalue weighted by atomic mass is 16.2. The first-order valence-electron chi connectivity index (χ1n) is 7.40. The van der Waals surface area contributed by atoms with Crippen molar-refractivity contribution < 1.29 is 4.79 Å². The molecule has 1 amide bonds. The largest absolute Gasteiger partial charge is 0.397 e. The van der Waals surface area contributed by atoms with Crippen molar-refractivity contribution in [2.45, 2.75) is 58.5 Å². The average Bonchev–Trinajstić information content (AvgIpc) is 3.11. The van der Waals surface area contributed by atoms with Crippen molar-refractivity contribution in [3.63, 3.8) is 0 Å². The molecule has 1 atom stereocenters. The van der Waals surface area contributed by atoms with Gasteiger partial charge in [0, 0.05) is 18.8 Å². The maximum absolute atomic E-state index is 12.3. The predicted molar refractivity (Wildman–Crippen MR) is 78.0 cm³/mol. The second-order valence-electron chi connectivity index (χ2n) is 5.61. The van der Waals surface area contributed by atoms with E-state index in [-0.39, 0.29) is 5.91 Å². The fourth-order valence-electron chi connectivity index (χ4n) is 2.49. The summed E-state index contributed by atoms with van der Waals surface area (Å²) in [5.41, 5.74) is 7.15. The van der Waals surface area contributed by atoms with Crippen LogP contribution < -0.4 is 11.1 Å². The van der Waals surface area contributed by atoms with Gasteiger partial charge in [0.1, 0.15) is 5.69 Å². The Balaban J connectivity index is 2.00. The Morgan fingerprint density at radius 2 is 2.26 bits per heavy atom. The summed E-state index contributed by atoms with van der Waals surface area (Å²) < 4.78 is 1.95. The summed E-state index contributed by atoms with van der Waals surface area (Å²) >= 11 is 0. The summed E-state index contributed by atoms with van der Waals surface area (Å²) in [6, 6.07) is 2.07. The highest BCUT2D eigenvalue weighted by Gasteiger charge is 2.26. The first-order valence-corrected chi connectivity index (χ1v) is 7.40. The molecule has 4 nitrogen and oxygen atoms in total. The van der Waals surface area contributed by atoms with Gasteiger partial charge < -0.3 is 15.6 Å². The fourth-order valence-corrected chi connectivity index (χ4v) is 2.49. The number of nitrogen functional groups attached to an aromatic ring is 1. The molecule has 1 unspecified atom stereocenters. The minimum Gasteiger partial charge on any atom is -0.397 e. The molecule has 0 aromatic carbocycles. The Kier molecular flexibility index (Phi) is 4.51. The molecule has 1 aromatic rings. The lowest BCUT2D eigenvalue weighted by atomic mass is 10.1. The monoisotopic (exact) mass is 263 g/mol. The summed E-state index contributed by atoms with van der Waals surface area (Å²) in [6.07, 6.45) is 7.60. The van der Waals surface area contributed by atoms with Crippen LogP contribution in [-0.2, 0) is 6.54 Å². The lowest BCUT2D eigenvalue weighted by molar-refractivity contribution is 0.0923. The molecule has 4 heteroatoms. The quantitative estimate of drug-likeness (QED) is 0.794. The molecule has 1 aliphatic carbocycles. The van der Waals surface area contributed by atoms with Gasteiger partial charge in [-0.2, -0.15) is 0 Å². The van der Waals surface area contributed by atoms with Crippen LogP contribution in [0.25, 0.3) is 0 Å². The molecular formula is C15H25N3O. The maximum atomic E-state index is 12.3. The van der Waals surface area contributed by atoms with E-state index in [2.05, 4.69) is 19.2 Å². The van der Waals surface area contributed by atoms with Crippen molar-refractivity contribution in [1.82, 2.24) is 9.88 Å². The van der Waals surface area contributed by atoms with Gasteiger partial charge in [0.05, 0.1) is 5.69 Å². The van der Waals surface area contributed by atoms with E-state index >= 15 is 0 Å². The molecule has 1 heterocycles. The first kappa shape index (κ1) is 14.0. The van der Waals surface area contributed by atoms with Crippen molar-refractivity contribution in [3.8, 4) is 0 Å². The number of hydrogen-bond donors (Lipinski definition) is 2. The lowest BCUT2D eigenvalue weighted by Gasteiger charge is -2.17. The predicted octanol–water partition coefficient (Wildman–Crippen LogP) is 2.79. The number of hydrogen-bond acceptors (Lipinski definition) is 2. The van der Waals surface area contributed by atoms with Crippen LogP contribution in [0, 0.1) is 5.92 Å². The van der Waals surface area contributed by atoms with Crippen LogP contribution >= 0.6 is 0 Å². The minimum atomic E-state index is 0.0117. The summed E-state index contributed by atoms with van der Waals surface area (Å²) in [5, 5.41) is 3.15. The number of carbonyl (C=O) groups excluding carboxylic acids is 1. The lowest BCUT2D eigenvalue weighted by Crippen LogP contribution is -2.35. The zero-order chi connectivity index (χ0) is 13.8. The topological polar surface area (TPSA) is 60.0 Å². The van der Waals surface area contributed by atoms with Crippen molar-refractivity contribution in [1.29, 1.82) is 0 Å². The Hall–Kier alpha value is -1.45. The number of anilines is 1. The molecule has 3 N–H and O–H groups in total. The van der Waals surface area contributed by atoms with E-state index in [1.807, 2.05) is 10.8 Å². The van der Waals surface area contributed by atoms with Gasteiger partial charge in [-0.05, 0) is 31.2 Å². The average molecular weight is 263 g/mol. The minimum absolute atomic E-state index is 0.0117. The smallest absolute Gasteiger partial charge is 0.268 e. The van der Waals surface area contributed by atoms with Crippen molar-refractivity contribution >= 4 is 11.6 Å². The van der Waals surface area contributed by atoms with Gasteiger partial charge >= 0.3 is 0 Å². The van der Waals surface area contributed by atoms with Gasteiger partial charge in [0.25, 0.3) is 5.91 Å². The van der Waals surface area contributed by atoms with Gasteiger partial charge in [-0.1, -0.05) is 26.7 Å². The van der Waals surface area contributed by atoms with Crippen LogP contribution in [-0.4, -0.2) is 16.5 Å². The first-order chi connectivity index (χ1) is 9.13. The summed E-state index contributed by atoms with van der Waals surface area (Å²) in [4.78, 5) is 12.3. The van der Waals surface area contributed by atoms with E-state index in [9.17, 15) is 4.79 Å². The molecule has 0 saturated heterocycles. The summed E-state index contributed by atoms with van der Waals surface area (Å²) in [5.74, 6) is 0.843. The Labute approximate surface area is 115 Å². The van der Waals surface area contributed by atoms with E-state index in [4.69, 9.17) is 5.73 Å². The number of aromatic nitrogens is 1. The van der Waals surface area contributed by atoms with Crippen LogP contribution in [0.1, 0.15) is 56.4 Å². The molecule has 0 radical (unpaired) electrons. The van der Waals surface area contributed by atoms with Crippen LogP contribution in [0.2, 0.25) is 0 Å². The zero-order valence-corrected chi connectivity index (χ0v) is 12.0. The summed E-state index contributed by atoms with van der Waals surface area (Å²) in [7, 11) is 0. The number of nitrogens with one attached hydrogen (secondary N) is 1. The number of carbonyl (C=O) groups is 1. The molecule has 2 rings (SSSR count). The number of rotatable bonds is 7. The van der Waals surface area contributed by atoms with Crippen molar-refractivity contribution in [2.75, 3.05) is 5.73 Å². The molecule has 0 bridgehead atoms. The molecule has 1 fully saturated rings. The van der Waals surface area contributed by atoms with Crippen molar-refractivity contribution in [3.05, 3.63) is 18.0 Å². The van der Waals surface area contributed by atoms with E-state index in [0.717, 1.165) is 31.7 Å². The van der Waals surface area contributed by atoms with E-state index in [0.29, 0.717) is 17.4 Å². The van der Waals surface area contributed by atoms with Crippen LogP contribution in [0.15, 0.2) is 12.3 Å². The number of amides is 1. The molecule has 1 aliphatic rings. The Morgan fingerprint density at radius 1 is 1.53 bits per heavy atom. The second kappa shape index (κ2) is 6.13.